The van der Waals surface area contributed by atoms with Gasteiger partial charge in [-0.1, -0.05) is 49.7 Å². The van der Waals surface area contributed by atoms with Crippen LogP contribution in [-0.2, 0) is 4.79 Å². The number of fused-ring (bicyclic) bond motifs is 1. The van der Waals surface area contributed by atoms with Crippen molar-refractivity contribution in [2.24, 2.45) is 0 Å². The van der Waals surface area contributed by atoms with Gasteiger partial charge in [0.2, 0.25) is 0 Å². The number of ether oxygens (including phenoxy) is 2. The van der Waals surface area contributed by atoms with E-state index in [-0.39, 0.29) is 17.6 Å². The minimum absolute atomic E-state index is 0.104. The van der Waals surface area contributed by atoms with Gasteiger partial charge in [0, 0.05) is 17.0 Å². The summed E-state index contributed by atoms with van der Waals surface area (Å²) in [5.74, 6) is 1.27. The molecule has 27 heavy (non-hydrogen) atoms. The Kier molecular flexibility index (Phi) is 5.95. The fourth-order valence-electron chi connectivity index (χ4n) is 3.52. The molecule has 1 aliphatic rings. The largest absolute Gasteiger partial charge is 0.487 e. The van der Waals surface area contributed by atoms with Gasteiger partial charge in [0.05, 0.1) is 6.04 Å². The molecular formula is C22H26ClNO3. The number of carbonyl (C=O) groups excluding carboxylic acids is 1. The van der Waals surface area contributed by atoms with Crippen molar-refractivity contribution in [1.82, 2.24) is 5.32 Å². The molecule has 0 fully saturated rings. The van der Waals surface area contributed by atoms with E-state index >= 15 is 0 Å². The fourth-order valence-corrected chi connectivity index (χ4v) is 3.70. The van der Waals surface area contributed by atoms with Gasteiger partial charge in [-0.15, -0.1) is 0 Å². The molecule has 1 N–H and O–H groups in total. The standard InChI is InChI=1S/C22H26ClNO3/c1-4-22(5-2)14-19(18-11-6-7-12-20(18)27-22)24-21(25)15(3)26-17-10-8-9-16(23)13-17/h6-13,15,19H,4-5,14H2,1-3H3,(H,24,25)/t15-,19+/m1/s1. The predicted octanol–water partition coefficient (Wildman–Crippen LogP) is 5.31. The van der Waals surface area contributed by atoms with Gasteiger partial charge in [0.25, 0.3) is 5.91 Å². The molecule has 0 unspecified atom stereocenters. The lowest BCUT2D eigenvalue weighted by atomic mass is 9.83. The smallest absolute Gasteiger partial charge is 0.261 e. The highest BCUT2D eigenvalue weighted by molar-refractivity contribution is 6.30. The molecule has 2 aromatic carbocycles. The van der Waals surface area contributed by atoms with Gasteiger partial charge in [-0.3, -0.25) is 4.79 Å². The van der Waals surface area contributed by atoms with Crippen molar-refractivity contribution in [2.45, 2.75) is 57.8 Å². The van der Waals surface area contributed by atoms with Crippen LogP contribution in [-0.4, -0.2) is 17.6 Å². The molecule has 1 aliphatic heterocycles. The van der Waals surface area contributed by atoms with Gasteiger partial charge in [-0.2, -0.15) is 0 Å². The molecule has 1 heterocycles. The highest BCUT2D eigenvalue weighted by atomic mass is 35.5. The number of hydrogen-bond donors (Lipinski definition) is 1. The van der Waals surface area contributed by atoms with Crippen LogP contribution >= 0.6 is 11.6 Å². The second-order valence-corrected chi connectivity index (χ2v) is 7.45. The summed E-state index contributed by atoms with van der Waals surface area (Å²) in [4.78, 5) is 12.8. The summed E-state index contributed by atoms with van der Waals surface area (Å²) < 4.78 is 12.1. The number of hydrogen-bond acceptors (Lipinski definition) is 3. The van der Waals surface area contributed by atoms with E-state index in [4.69, 9.17) is 21.1 Å². The molecule has 4 nitrogen and oxygen atoms in total. The molecule has 0 saturated heterocycles. The van der Waals surface area contributed by atoms with Crippen LogP contribution in [0.4, 0.5) is 0 Å². The minimum atomic E-state index is -0.629. The van der Waals surface area contributed by atoms with Gasteiger partial charge in [-0.25, -0.2) is 0 Å². The first kappa shape index (κ1) is 19.6. The van der Waals surface area contributed by atoms with E-state index in [1.165, 1.54) is 0 Å². The lowest BCUT2D eigenvalue weighted by Crippen LogP contribution is -2.46. The van der Waals surface area contributed by atoms with Gasteiger partial charge >= 0.3 is 0 Å². The Hall–Kier alpha value is -2.20. The fraction of sp³-hybridized carbons (Fsp3) is 0.409. The molecule has 3 rings (SSSR count). The van der Waals surface area contributed by atoms with Crippen LogP contribution < -0.4 is 14.8 Å². The Morgan fingerprint density at radius 2 is 2.00 bits per heavy atom. The van der Waals surface area contributed by atoms with Gasteiger partial charge in [0.15, 0.2) is 6.10 Å². The number of carbonyl (C=O) groups is 1. The van der Waals surface area contributed by atoms with Crippen molar-refractivity contribution in [3.63, 3.8) is 0 Å². The maximum atomic E-state index is 12.8. The lowest BCUT2D eigenvalue weighted by Gasteiger charge is -2.41. The van der Waals surface area contributed by atoms with Crippen LogP contribution in [0, 0.1) is 0 Å². The Morgan fingerprint density at radius 1 is 1.26 bits per heavy atom. The number of rotatable bonds is 6. The highest BCUT2D eigenvalue weighted by Gasteiger charge is 2.39. The third-order valence-corrected chi connectivity index (χ3v) is 5.52. The lowest BCUT2D eigenvalue weighted by molar-refractivity contribution is -0.128. The van der Waals surface area contributed by atoms with Crippen molar-refractivity contribution >= 4 is 17.5 Å². The molecule has 2 aromatic rings. The average molecular weight is 388 g/mol. The Bertz CT molecular complexity index is 804. The normalized spacial score (nSPS) is 18.7. The van der Waals surface area contributed by atoms with Crippen LogP contribution in [0.3, 0.4) is 0 Å². The number of benzene rings is 2. The zero-order chi connectivity index (χ0) is 19.4. The number of nitrogens with one attached hydrogen (secondary N) is 1. The zero-order valence-electron chi connectivity index (χ0n) is 16.0. The van der Waals surface area contributed by atoms with Crippen molar-refractivity contribution in [3.05, 3.63) is 59.1 Å². The van der Waals surface area contributed by atoms with E-state index in [2.05, 4.69) is 19.2 Å². The summed E-state index contributed by atoms with van der Waals surface area (Å²) in [7, 11) is 0. The summed E-state index contributed by atoms with van der Waals surface area (Å²) >= 11 is 5.99. The quantitative estimate of drug-likeness (QED) is 0.731. The predicted molar refractivity (Wildman–Crippen MR) is 107 cm³/mol. The van der Waals surface area contributed by atoms with Crippen LogP contribution in [0.15, 0.2) is 48.5 Å². The van der Waals surface area contributed by atoms with Crippen molar-refractivity contribution < 1.29 is 14.3 Å². The third-order valence-electron chi connectivity index (χ3n) is 5.28. The molecule has 1 amide bonds. The first-order valence-electron chi connectivity index (χ1n) is 9.47. The van der Waals surface area contributed by atoms with Gasteiger partial charge in [0.1, 0.15) is 17.1 Å². The monoisotopic (exact) mass is 387 g/mol. The second-order valence-electron chi connectivity index (χ2n) is 7.01. The topological polar surface area (TPSA) is 47.6 Å². The first-order valence-corrected chi connectivity index (χ1v) is 9.84. The van der Waals surface area contributed by atoms with Crippen LogP contribution in [0.1, 0.15) is 51.6 Å². The SMILES string of the molecule is CCC1(CC)C[C@H](NC(=O)[C@@H](C)Oc2cccc(Cl)c2)c2ccccc2O1. The second kappa shape index (κ2) is 8.22. The van der Waals surface area contributed by atoms with E-state index in [1.54, 1.807) is 31.2 Å². The molecule has 0 radical (unpaired) electrons. The van der Waals surface area contributed by atoms with Crippen LogP contribution in [0.25, 0.3) is 0 Å². The van der Waals surface area contributed by atoms with Crippen LogP contribution in [0.2, 0.25) is 5.02 Å². The molecular weight excluding hydrogens is 362 g/mol. The van der Waals surface area contributed by atoms with Crippen molar-refractivity contribution in [2.75, 3.05) is 0 Å². The number of halogens is 1. The van der Waals surface area contributed by atoms with Gasteiger partial charge in [-0.05, 0) is 44.0 Å². The molecule has 0 saturated carbocycles. The summed E-state index contributed by atoms with van der Waals surface area (Å²) in [5.41, 5.74) is 0.752. The molecule has 0 aromatic heterocycles. The molecule has 0 spiro atoms. The molecule has 5 heteroatoms. The van der Waals surface area contributed by atoms with Gasteiger partial charge < -0.3 is 14.8 Å². The number of amides is 1. The van der Waals surface area contributed by atoms with E-state index in [9.17, 15) is 4.79 Å². The maximum absolute atomic E-state index is 12.8. The van der Waals surface area contributed by atoms with Crippen LogP contribution in [0.5, 0.6) is 11.5 Å². The summed E-state index contributed by atoms with van der Waals surface area (Å²) in [6.07, 6.45) is 1.89. The highest BCUT2D eigenvalue weighted by Crippen LogP contribution is 2.42. The maximum Gasteiger partial charge on any atom is 0.261 e. The average Bonchev–Trinajstić information content (AvgIpc) is 2.67. The first-order chi connectivity index (χ1) is 13.0. The number of para-hydroxylation sites is 1. The van der Waals surface area contributed by atoms with E-state index in [0.717, 1.165) is 30.6 Å². The summed E-state index contributed by atoms with van der Waals surface area (Å²) in [6, 6.07) is 14.9. The van der Waals surface area contributed by atoms with E-state index < -0.39 is 6.10 Å². The Labute approximate surface area is 165 Å². The van der Waals surface area contributed by atoms with E-state index in [0.29, 0.717) is 10.8 Å². The molecule has 0 bridgehead atoms. The van der Waals surface area contributed by atoms with Crippen molar-refractivity contribution in [1.29, 1.82) is 0 Å². The molecule has 2 atom stereocenters. The van der Waals surface area contributed by atoms with E-state index in [1.807, 2.05) is 24.3 Å². The van der Waals surface area contributed by atoms with Crippen molar-refractivity contribution in [3.8, 4) is 11.5 Å². The molecule has 144 valence electrons. The minimum Gasteiger partial charge on any atom is -0.487 e. The zero-order valence-corrected chi connectivity index (χ0v) is 16.8. The summed E-state index contributed by atoms with van der Waals surface area (Å²) in [5, 5.41) is 3.73. The Morgan fingerprint density at radius 3 is 2.70 bits per heavy atom. The molecule has 0 aliphatic carbocycles. The summed E-state index contributed by atoms with van der Waals surface area (Å²) in [6.45, 7) is 6.00. The third kappa shape index (κ3) is 4.38. The Balaban J connectivity index is 1.75.